The first kappa shape index (κ1) is 7.84. The first-order valence-corrected chi connectivity index (χ1v) is 3.52. The standard InChI is InChI=1S/C6H11N3O2/c7-6-8-3-1-2-4(9-6)5(10)11/h4H,1-3H2,(H,10,11)(H3,7,8,9). The number of rotatable bonds is 1. The lowest BCUT2D eigenvalue weighted by Crippen LogP contribution is -2.43. The zero-order valence-corrected chi connectivity index (χ0v) is 6.05. The van der Waals surface area contributed by atoms with Crippen molar-refractivity contribution >= 4 is 11.9 Å². The lowest BCUT2D eigenvalue weighted by molar-refractivity contribution is -0.139. The van der Waals surface area contributed by atoms with E-state index in [0.717, 1.165) is 6.42 Å². The molecule has 0 bridgehead atoms. The number of carboxylic acid groups (broad SMARTS) is 1. The van der Waals surface area contributed by atoms with E-state index in [-0.39, 0.29) is 5.96 Å². The van der Waals surface area contributed by atoms with Crippen LogP contribution in [0.5, 0.6) is 0 Å². The summed E-state index contributed by atoms with van der Waals surface area (Å²) in [5.74, 6) is -0.784. The topological polar surface area (TPSA) is 85.2 Å². The van der Waals surface area contributed by atoms with Crippen LogP contribution in [0, 0.1) is 5.41 Å². The summed E-state index contributed by atoms with van der Waals surface area (Å²) in [5, 5.41) is 21.0. The van der Waals surface area contributed by atoms with E-state index in [2.05, 4.69) is 10.6 Å². The number of aliphatic carboxylic acids is 1. The van der Waals surface area contributed by atoms with E-state index < -0.39 is 12.0 Å². The minimum Gasteiger partial charge on any atom is -0.480 e. The molecule has 4 N–H and O–H groups in total. The predicted octanol–water partition coefficient (Wildman–Crippen LogP) is -0.653. The second-order valence-electron chi connectivity index (χ2n) is 2.48. The van der Waals surface area contributed by atoms with E-state index in [1.807, 2.05) is 0 Å². The summed E-state index contributed by atoms with van der Waals surface area (Å²) in [4.78, 5) is 10.5. The van der Waals surface area contributed by atoms with Gasteiger partial charge >= 0.3 is 5.97 Å². The highest BCUT2D eigenvalue weighted by Crippen LogP contribution is 1.99. The van der Waals surface area contributed by atoms with E-state index in [1.165, 1.54) is 0 Å². The van der Waals surface area contributed by atoms with Gasteiger partial charge in [0.25, 0.3) is 0 Å². The van der Waals surface area contributed by atoms with Crippen LogP contribution in [-0.4, -0.2) is 29.6 Å². The van der Waals surface area contributed by atoms with Crippen LogP contribution in [0.25, 0.3) is 0 Å². The third-order valence-electron chi connectivity index (χ3n) is 1.59. The molecule has 0 radical (unpaired) electrons. The molecule has 0 aromatic carbocycles. The highest BCUT2D eigenvalue weighted by atomic mass is 16.4. The van der Waals surface area contributed by atoms with Crippen molar-refractivity contribution in [3.05, 3.63) is 0 Å². The van der Waals surface area contributed by atoms with Crippen LogP contribution in [0.2, 0.25) is 0 Å². The van der Waals surface area contributed by atoms with Crippen LogP contribution >= 0.6 is 0 Å². The van der Waals surface area contributed by atoms with E-state index in [4.69, 9.17) is 10.5 Å². The van der Waals surface area contributed by atoms with E-state index in [9.17, 15) is 4.79 Å². The second-order valence-corrected chi connectivity index (χ2v) is 2.48. The summed E-state index contributed by atoms with van der Waals surface area (Å²) in [5.41, 5.74) is 0. The molecule has 5 nitrogen and oxygen atoms in total. The van der Waals surface area contributed by atoms with Crippen molar-refractivity contribution in [2.75, 3.05) is 6.54 Å². The van der Waals surface area contributed by atoms with E-state index >= 15 is 0 Å². The third kappa shape index (κ3) is 2.10. The third-order valence-corrected chi connectivity index (χ3v) is 1.59. The summed E-state index contributed by atoms with van der Waals surface area (Å²) >= 11 is 0. The molecule has 0 saturated carbocycles. The number of nitrogens with one attached hydrogen (secondary N) is 3. The van der Waals surface area contributed by atoms with Crippen molar-refractivity contribution in [3.63, 3.8) is 0 Å². The number of hydrogen-bond donors (Lipinski definition) is 4. The molecule has 5 heteroatoms. The first-order valence-electron chi connectivity index (χ1n) is 3.52. The Balaban J connectivity index is 2.52. The van der Waals surface area contributed by atoms with Gasteiger partial charge in [0.05, 0.1) is 0 Å². The molecule has 1 aliphatic heterocycles. The molecule has 0 aromatic heterocycles. The summed E-state index contributed by atoms with van der Waals surface area (Å²) in [6.45, 7) is 0.676. The Morgan fingerprint density at radius 2 is 2.45 bits per heavy atom. The van der Waals surface area contributed by atoms with Gasteiger partial charge in [-0.25, -0.2) is 4.79 Å². The van der Waals surface area contributed by atoms with Gasteiger partial charge in [0, 0.05) is 6.54 Å². The lowest BCUT2D eigenvalue weighted by atomic mass is 10.2. The van der Waals surface area contributed by atoms with Crippen LogP contribution in [0.15, 0.2) is 0 Å². The molecule has 0 aromatic rings. The normalized spacial score (nSPS) is 24.7. The average molecular weight is 157 g/mol. The highest BCUT2D eigenvalue weighted by Gasteiger charge is 2.19. The maximum atomic E-state index is 10.5. The maximum Gasteiger partial charge on any atom is 0.326 e. The predicted molar refractivity (Wildman–Crippen MR) is 39.5 cm³/mol. The van der Waals surface area contributed by atoms with E-state index in [1.54, 1.807) is 0 Å². The fourth-order valence-electron chi connectivity index (χ4n) is 1.00. The SMILES string of the molecule is N=C1NCCCC(C(=O)O)N1. The molecule has 1 saturated heterocycles. The molecule has 1 heterocycles. The molecule has 11 heavy (non-hydrogen) atoms. The summed E-state index contributed by atoms with van der Waals surface area (Å²) < 4.78 is 0. The molecular weight excluding hydrogens is 146 g/mol. The monoisotopic (exact) mass is 157 g/mol. The number of carboxylic acids is 1. The maximum absolute atomic E-state index is 10.5. The van der Waals surface area contributed by atoms with Crippen molar-refractivity contribution in [1.82, 2.24) is 10.6 Å². The molecule has 1 aliphatic rings. The van der Waals surface area contributed by atoms with Gasteiger partial charge in [-0.15, -0.1) is 0 Å². The fourth-order valence-corrected chi connectivity index (χ4v) is 1.00. The zero-order valence-electron chi connectivity index (χ0n) is 6.05. The number of carbonyl (C=O) groups is 1. The molecule has 1 fully saturated rings. The van der Waals surface area contributed by atoms with Gasteiger partial charge in [-0.05, 0) is 12.8 Å². The van der Waals surface area contributed by atoms with Gasteiger partial charge in [0.15, 0.2) is 5.96 Å². The van der Waals surface area contributed by atoms with Gasteiger partial charge in [0.1, 0.15) is 6.04 Å². The number of hydrogen-bond acceptors (Lipinski definition) is 2. The molecule has 0 aliphatic carbocycles. The molecule has 1 atom stereocenters. The van der Waals surface area contributed by atoms with Crippen LogP contribution in [-0.2, 0) is 4.79 Å². The summed E-state index contributed by atoms with van der Waals surface area (Å²) in [6.07, 6.45) is 1.36. The Morgan fingerprint density at radius 1 is 1.73 bits per heavy atom. The van der Waals surface area contributed by atoms with Gasteiger partial charge < -0.3 is 15.7 Å². The van der Waals surface area contributed by atoms with Crippen LogP contribution < -0.4 is 10.6 Å². The molecule has 1 unspecified atom stereocenters. The zero-order chi connectivity index (χ0) is 8.27. The molecule has 1 rings (SSSR count). The van der Waals surface area contributed by atoms with Gasteiger partial charge in [-0.1, -0.05) is 0 Å². The fraction of sp³-hybridized carbons (Fsp3) is 0.667. The average Bonchev–Trinajstić information content (AvgIpc) is 2.13. The van der Waals surface area contributed by atoms with Crippen molar-refractivity contribution in [2.24, 2.45) is 0 Å². The Bertz CT molecular complexity index is 181. The van der Waals surface area contributed by atoms with Gasteiger partial charge in [-0.2, -0.15) is 0 Å². The van der Waals surface area contributed by atoms with E-state index in [0.29, 0.717) is 13.0 Å². The summed E-state index contributed by atoms with van der Waals surface area (Å²) in [7, 11) is 0. The molecule has 62 valence electrons. The minimum atomic E-state index is -0.890. The quantitative estimate of drug-likeness (QED) is 0.407. The van der Waals surface area contributed by atoms with Crippen LogP contribution in [0.1, 0.15) is 12.8 Å². The highest BCUT2D eigenvalue weighted by molar-refractivity contribution is 5.84. The van der Waals surface area contributed by atoms with Crippen molar-refractivity contribution < 1.29 is 9.90 Å². The van der Waals surface area contributed by atoms with Crippen LogP contribution in [0.4, 0.5) is 0 Å². The minimum absolute atomic E-state index is 0.106. The van der Waals surface area contributed by atoms with Gasteiger partial charge in [-0.3, -0.25) is 5.41 Å². The van der Waals surface area contributed by atoms with Crippen molar-refractivity contribution in [2.45, 2.75) is 18.9 Å². The first-order chi connectivity index (χ1) is 5.20. The number of guanidine groups is 1. The molecule has 0 amide bonds. The Kier molecular flexibility index (Phi) is 2.30. The molecule has 0 spiro atoms. The second kappa shape index (κ2) is 3.23. The largest absolute Gasteiger partial charge is 0.480 e. The Hall–Kier alpha value is -1.26. The Labute approximate surface area is 64.3 Å². The smallest absolute Gasteiger partial charge is 0.326 e. The van der Waals surface area contributed by atoms with Gasteiger partial charge in [0.2, 0.25) is 0 Å². The molecular formula is C6H11N3O2. The van der Waals surface area contributed by atoms with Crippen LogP contribution in [0.3, 0.4) is 0 Å². The van der Waals surface area contributed by atoms with Crippen molar-refractivity contribution in [3.8, 4) is 0 Å². The lowest BCUT2D eigenvalue weighted by Gasteiger charge is -2.10. The Morgan fingerprint density at radius 3 is 3.09 bits per heavy atom. The van der Waals surface area contributed by atoms with Crippen molar-refractivity contribution in [1.29, 1.82) is 5.41 Å². The summed E-state index contributed by atoms with van der Waals surface area (Å²) in [6, 6.07) is -0.600.